The summed E-state index contributed by atoms with van der Waals surface area (Å²) in [6.45, 7) is 0.323. The monoisotopic (exact) mass is 268 g/mol. The van der Waals surface area contributed by atoms with Gasteiger partial charge in [0.2, 0.25) is 0 Å². The van der Waals surface area contributed by atoms with Gasteiger partial charge in [-0.05, 0) is 24.5 Å². The number of allylic oxidation sites excluding steroid dienone is 1. The van der Waals surface area contributed by atoms with Gasteiger partial charge in [-0.1, -0.05) is 54.0 Å². The Morgan fingerprint density at radius 3 is 1.95 bits per heavy atom. The second-order valence-corrected chi connectivity index (χ2v) is 4.23. The minimum atomic E-state index is 0.161. The normalized spacial score (nSPS) is 8.90. The highest BCUT2D eigenvalue weighted by Crippen LogP contribution is 2.05. The Morgan fingerprint density at radius 2 is 1.45 bits per heavy atom. The van der Waals surface area contributed by atoms with E-state index in [1.807, 2.05) is 36.4 Å². The fourth-order valence-electron chi connectivity index (χ4n) is 1.47. The highest BCUT2D eigenvalue weighted by molar-refractivity contribution is 5.64. The molecule has 0 unspecified atom stereocenters. The molecule has 0 aliphatic rings. The lowest BCUT2D eigenvalue weighted by Gasteiger charge is -1.93. The van der Waals surface area contributed by atoms with Crippen LogP contribution in [0.1, 0.15) is 31.2 Å². The first kappa shape index (κ1) is 16.1. The van der Waals surface area contributed by atoms with E-state index in [4.69, 9.17) is 10.2 Å². The first-order chi connectivity index (χ1) is 9.86. The number of aliphatic hydroxyl groups is 2. The second kappa shape index (κ2) is 10.9. The molecule has 0 spiro atoms. The molecule has 0 heterocycles. The average molecular weight is 268 g/mol. The van der Waals surface area contributed by atoms with E-state index >= 15 is 0 Å². The highest BCUT2D eigenvalue weighted by Gasteiger charge is 1.90. The zero-order valence-corrected chi connectivity index (χ0v) is 11.6. The molecule has 2 nitrogen and oxygen atoms in total. The van der Waals surface area contributed by atoms with Gasteiger partial charge in [0.25, 0.3) is 0 Å². The summed E-state index contributed by atoms with van der Waals surface area (Å²) in [4.78, 5) is 0. The first-order valence-corrected chi connectivity index (χ1v) is 6.83. The maximum Gasteiger partial charge on any atom is 0.0749 e. The molecule has 2 heteroatoms. The smallest absolute Gasteiger partial charge is 0.0749 e. The molecule has 0 saturated heterocycles. The van der Waals surface area contributed by atoms with E-state index in [-0.39, 0.29) is 13.2 Å². The average Bonchev–Trinajstić information content (AvgIpc) is 2.49. The summed E-state index contributed by atoms with van der Waals surface area (Å²) in [6, 6.07) is 9.93. The third kappa shape index (κ3) is 7.44. The Morgan fingerprint density at radius 1 is 0.900 bits per heavy atom. The number of unbranched alkanes of at least 4 members (excludes halogenated alkanes) is 2. The van der Waals surface area contributed by atoms with Crippen LogP contribution in [-0.2, 0) is 0 Å². The minimum Gasteiger partial charge on any atom is -0.396 e. The molecule has 0 fully saturated rings. The fraction of sp³-hybridized carbons (Fsp3) is 0.333. The van der Waals surface area contributed by atoms with Crippen molar-refractivity contribution in [2.24, 2.45) is 0 Å². The summed E-state index contributed by atoms with van der Waals surface area (Å²) in [6.07, 6.45) is 4.66. The van der Waals surface area contributed by atoms with Gasteiger partial charge in [-0.25, -0.2) is 0 Å². The van der Waals surface area contributed by atoms with Crippen LogP contribution in [0.4, 0.5) is 0 Å². The number of rotatable bonds is 5. The lowest BCUT2D eigenvalue weighted by Crippen LogP contribution is -1.81. The van der Waals surface area contributed by atoms with Crippen LogP contribution >= 0.6 is 0 Å². The molecule has 1 rings (SSSR count). The van der Waals surface area contributed by atoms with Crippen LogP contribution in [0.5, 0.6) is 0 Å². The van der Waals surface area contributed by atoms with E-state index in [9.17, 15) is 0 Å². The van der Waals surface area contributed by atoms with Crippen molar-refractivity contribution in [3.8, 4) is 23.7 Å². The first-order valence-electron chi connectivity index (χ1n) is 6.83. The summed E-state index contributed by atoms with van der Waals surface area (Å²) in [5, 5.41) is 17.5. The summed E-state index contributed by atoms with van der Waals surface area (Å²) in [5.41, 5.74) is 1.84. The maximum atomic E-state index is 8.73. The lowest BCUT2D eigenvalue weighted by molar-refractivity contribution is 0.290. The summed E-state index contributed by atoms with van der Waals surface area (Å²) in [5.74, 6) is 12.1. The molecule has 0 amide bonds. The van der Waals surface area contributed by atoms with Gasteiger partial charge < -0.3 is 10.2 Å². The van der Waals surface area contributed by atoms with E-state index in [0.717, 1.165) is 11.1 Å². The largest absolute Gasteiger partial charge is 0.396 e. The molecule has 20 heavy (non-hydrogen) atoms. The lowest BCUT2D eigenvalue weighted by atomic mass is 10.1. The van der Waals surface area contributed by atoms with Crippen molar-refractivity contribution in [1.82, 2.24) is 0 Å². The number of aliphatic hydroxyl groups excluding tert-OH is 2. The summed E-state index contributed by atoms with van der Waals surface area (Å²) in [7, 11) is 0. The predicted molar refractivity (Wildman–Crippen MR) is 82.6 cm³/mol. The van der Waals surface area contributed by atoms with Crippen molar-refractivity contribution in [1.29, 1.82) is 0 Å². The Bertz CT molecular complexity index is 493. The molecule has 0 aliphatic heterocycles. The third-order valence-electron chi connectivity index (χ3n) is 2.48. The Labute approximate surface area is 121 Å². The molecule has 1 aromatic carbocycles. The standard InChI is InChI=1S/C18H20O2/c19-14-8-2-6-12-18(13-7-3-9-15-20)16-17-10-4-1-5-11-17/h1,4-5,10-11,16,19-20H,2-3,8-9,14-15H2. The number of benzene rings is 1. The fourth-order valence-corrected chi connectivity index (χ4v) is 1.47. The van der Waals surface area contributed by atoms with Crippen molar-refractivity contribution in [3.05, 3.63) is 41.5 Å². The van der Waals surface area contributed by atoms with Gasteiger partial charge in [-0.15, -0.1) is 0 Å². The van der Waals surface area contributed by atoms with E-state index in [1.165, 1.54) is 0 Å². The van der Waals surface area contributed by atoms with Gasteiger partial charge in [-0.3, -0.25) is 0 Å². The van der Waals surface area contributed by atoms with Crippen LogP contribution in [0.25, 0.3) is 6.08 Å². The van der Waals surface area contributed by atoms with Crippen LogP contribution in [-0.4, -0.2) is 23.4 Å². The molecular formula is C18H20O2. The number of hydrogen-bond donors (Lipinski definition) is 2. The van der Waals surface area contributed by atoms with Crippen LogP contribution in [0.3, 0.4) is 0 Å². The van der Waals surface area contributed by atoms with Crippen LogP contribution in [0.2, 0.25) is 0 Å². The van der Waals surface area contributed by atoms with Gasteiger partial charge in [0.05, 0.1) is 5.57 Å². The van der Waals surface area contributed by atoms with Crippen molar-refractivity contribution >= 4 is 6.08 Å². The Kier molecular flexibility index (Phi) is 8.73. The molecular weight excluding hydrogens is 248 g/mol. The molecule has 0 aliphatic carbocycles. The summed E-state index contributed by atoms with van der Waals surface area (Å²) >= 11 is 0. The SMILES string of the molecule is OCCCC#CC(C#CCCCO)=Cc1ccccc1. The molecule has 104 valence electrons. The maximum absolute atomic E-state index is 8.73. The Hall–Kier alpha value is -2.00. The van der Waals surface area contributed by atoms with E-state index < -0.39 is 0 Å². The Balaban J connectivity index is 2.79. The van der Waals surface area contributed by atoms with Gasteiger partial charge >= 0.3 is 0 Å². The zero-order chi connectivity index (χ0) is 14.5. The van der Waals surface area contributed by atoms with Crippen LogP contribution < -0.4 is 0 Å². The second-order valence-electron chi connectivity index (χ2n) is 4.23. The number of hydrogen-bond acceptors (Lipinski definition) is 2. The molecule has 0 bridgehead atoms. The van der Waals surface area contributed by atoms with Crippen molar-refractivity contribution in [3.63, 3.8) is 0 Å². The van der Waals surface area contributed by atoms with Gasteiger partial charge in [0, 0.05) is 26.1 Å². The zero-order valence-electron chi connectivity index (χ0n) is 11.6. The quantitative estimate of drug-likeness (QED) is 0.636. The van der Waals surface area contributed by atoms with Crippen LogP contribution in [0, 0.1) is 23.7 Å². The molecule has 0 radical (unpaired) electrons. The molecule has 0 saturated carbocycles. The van der Waals surface area contributed by atoms with Crippen molar-refractivity contribution in [2.45, 2.75) is 25.7 Å². The van der Waals surface area contributed by atoms with E-state index in [2.05, 4.69) is 23.7 Å². The topological polar surface area (TPSA) is 40.5 Å². The molecule has 2 N–H and O–H groups in total. The van der Waals surface area contributed by atoms with Crippen molar-refractivity contribution in [2.75, 3.05) is 13.2 Å². The molecule has 1 aromatic rings. The third-order valence-corrected chi connectivity index (χ3v) is 2.48. The van der Waals surface area contributed by atoms with Gasteiger partial charge in [0.1, 0.15) is 0 Å². The molecule has 0 atom stereocenters. The predicted octanol–water partition coefficient (Wildman–Crippen LogP) is 2.62. The van der Waals surface area contributed by atoms with Gasteiger partial charge in [0.15, 0.2) is 0 Å². The van der Waals surface area contributed by atoms with Crippen molar-refractivity contribution < 1.29 is 10.2 Å². The van der Waals surface area contributed by atoms with E-state index in [0.29, 0.717) is 25.7 Å². The highest BCUT2D eigenvalue weighted by atomic mass is 16.3. The van der Waals surface area contributed by atoms with E-state index in [1.54, 1.807) is 0 Å². The summed E-state index contributed by atoms with van der Waals surface area (Å²) < 4.78 is 0. The molecule has 0 aromatic heterocycles. The minimum absolute atomic E-state index is 0.161. The van der Waals surface area contributed by atoms with Gasteiger partial charge in [-0.2, -0.15) is 0 Å². The van der Waals surface area contributed by atoms with Crippen LogP contribution in [0.15, 0.2) is 35.9 Å².